The average molecular weight is 88.2 g/mol. The summed E-state index contributed by atoms with van der Waals surface area (Å²) in [6.07, 6.45) is 0. The lowest BCUT2D eigenvalue weighted by Crippen LogP contribution is -2.19. The summed E-state index contributed by atoms with van der Waals surface area (Å²) in [5.41, 5.74) is 10.4. The van der Waals surface area contributed by atoms with E-state index in [1.807, 2.05) is 6.92 Å². The van der Waals surface area contributed by atoms with Crippen molar-refractivity contribution >= 4 is 0 Å². The third-order valence-corrected chi connectivity index (χ3v) is 0.805. The molecule has 0 rings (SSSR count). The third kappa shape index (κ3) is 2.18. The van der Waals surface area contributed by atoms with E-state index in [0.717, 1.165) is 0 Å². The van der Waals surface area contributed by atoms with E-state index >= 15 is 0 Å². The standard InChI is InChI=1S/C4H12N2/c1-4(2-5)3-6/h4H,2-3,5-6H2,1H3. The first-order valence-electron chi connectivity index (χ1n) is 2.21. The predicted molar refractivity (Wildman–Crippen MR) is 27.3 cm³/mol. The number of hydrogen-bond acceptors (Lipinski definition) is 2. The van der Waals surface area contributed by atoms with Crippen LogP contribution in [-0.2, 0) is 0 Å². The van der Waals surface area contributed by atoms with Crippen molar-refractivity contribution in [2.75, 3.05) is 13.1 Å². The van der Waals surface area contributed by atoms with Crippen LogP contribution in [0.15, 0.2) is 0 Å². The minimum absolute atomic E-state index is 0.491. The summed E-state index contributed by atoms with van der Waals surface area (Å²) in [6.45, 7) is 3.44. The Morgan fingerprint density at radius 2 is 1.67 bits per heavy atom. The van der Waals surface area contributed by atoms with Gasteiger partial charge in [0.2, 0.25) is 0 Å². The molecule has 0 radical (unpaired) electrons. The summed E-state index contributed by atoms with van der Waals surface area (Å²) in [5.74, 6) is 0.491. The van der Waals surface area contributed by atoms with Crippen molar-refractivity contribution in [3.8, 4) is 0 Å². The Balaban J connectivity index is 2.75. The van der Waals surface area contributed by atoms with E-state index in [9.17, 15) is 0 Å². The molecular weight excluding hydrogens is 76.1 g/mol. The molecule has 0 aliphatic carbocycles. The molecule has 0 heterocycles. The largest absolute Gasteiger partial charge is 0.330 e. The fraction of sp³-hybridized carbons (Fsp3) is 1.00. The molecule has 0 amide bonds. The summed E-state index contributed by atoms with van der Waals surface area (Å²) in [7, 11) is 0. The fourth-order valence-electron chi connectivity index (χ4n) is 0.0962. The molecule has 0 aliphatic rings. The molecule has 0 unspecified atom stereocenters. The van der Waals surface area contributed by atoms with Gasteiger partial charge in [-0.05, 0) is 19.0 Å². The molecule has 0 saturated carbocycles. The number of nitrogens with two attached hydrogens (primary N) is 2. The van der Waals surface area contributed by atoms with Gasteiger partial charge in [-0.2, -0.15) is 0 Å². The van der Waals surface area contributed by atoms with Crippen LogP contribution in [-0.4, -0.2) is 13.1 Å². The van der Waals surface area contributed by atoms with Gasteiger partial charge < -0.3 is 11.5 Å². The SMILES string of the molecule is CC(CN)CN. The van der Waals surface area contributed by atoms with Crippen molar-refractivity contribution in [1.82, 2.24) is 0 Å². The Kier molecular flexibility index (Phi) is 3.08. The average Bonchev–Trinajstić information content (AvgIpc) is 1.65. The van der Waals surface area contributed by atoms with Crippen LogP contribution in [0.5, 0.6) is 0 Å². The molecule has 0 aromatic heterocycles. The monoisotopic (exact) mass is 88.1 g/mol. The van der Waals surface area contributed by atoms with Crippen LogP contribution < -0.4 is 11.5 Å². The maximum Gasteiger partial charge on any atom is -0.00395 e. The minimum atomic E-state index is 0.491. The predicted octanol–water partition coefficient (Wildman–Crippen LogP) is -0.460. The fourth-order valence-corrected chi connectivity index (χ4v) is 0.0962. The van der Waals surface area contributed by atoms with E-state index in [4.69, 9.17) is 11.5 Å². The van der Waals surface area contributed by atoms with Crippen molar-refractivity contribution < 1.29 is 0 Å². The molecule has 0 fully saturated rings. The molecule has 0 spiro atoms. The normalized spacial score (nSPS) is 10.0. The summed E-state index contributed by atoms with van der Waals surface area (Å²) in [4.78, 5) is 0. The van der Waals surface area contributed by atoms with Crippen LogP contribution in [0.1, 0.15) is 6.92 Å². The molecule has 4 N–H and O–H groups in total. The zero-order valence-electron chi connectivity index (χ0n) is 4.15. The van der Waals surface area contributed by atoms with Crippen molar-refractivity contribution in [3.63, 3.8) is 0 Å². The molecule has 0 atom stereocenters. The second-order valence-corrected chi connectivity index (χ2v) is 1.58. The highest BCUT2D eigenvalue weighted by molar-refractivity contribution is 4.49. The lowest BCUT2D eigenvalue weighted by Gasteiger charge is -1.99. The third-order valence-electron chi connectivity index (χ3n) is 0.805. The van der Waals surface area contributed by atoms with Crippen molar-refractivity contribution in [2.45, 2.75) is 6.92 Å². The van der Waals surface area contributed by atoms with Crippen LogP contribution in [0.25, 0.3) is 0 Å². The molecule has 0 bridgehead atoms. The first-order valence-corrected chi connectivity index (χ1v) is 2.21. The molecular formula is C4H12N2. The first kappa shape index (κ1) is 5.92. The summed E-state index contributed by atoms with van der Waals surface area (Å²) >= 11 is 0. The van der Waals surface area contributed by atoms with Crippen LogP contribution in [0, 0.1) is 5.92 Å². The molecule has 2 nitrogen and oxygen atoms in total. The molecule has 2 heteroatoms. The maximum absolute atomic E-state index is 5.20. The highest BCUT2D eigenvalue weighted by atomic mass is 14.6. The zero-order valence-corrected chi connectivity index (χ0v) is 4.15. The quantitative estimate of drug-likeness (QED) is 0.480. The van der Waals surface area contributed by atoms with Crippen molar-refractivity contribution in [3.05, 3.63) is 0 Å². The Labute approximate surface area is 38.5 Å². The Hall–Kier alpha value is -0.0800. The smallest absolute Gasteiger partial charge is 0.00395 e. The Morgan fingerprint density at radius 3 is 1.67 bits per heavy atom. The van der Waals surface area contributed by atoms with E-state index in [1.165, 1.54) is 0 Å². The second kappa shape index (κ2) is 3.12. The van der Waals surface area contributed by atoms with Gasteiger partial charge in [0.15, 0.2) is 0 Å². The highest BCUT2D eigenvalue weighted by Crippen LogP contribution is 1.81. The molecule has 0 saturated heterocycles. The van der Waals surface area contributed by atoms with Gasteiger partial charge >= 0.3 is 0 Å². The molecule has 0 aromatic carbocycles. The van der Waals surface area contributed by atoms with Crippen LogP contribution >= 0.6 is 0 Å². The van der Waals surface area contributed by atoms with Gasteiger partial charge in [0.1, 0.15) is 0 Å². The summed E-state index contributed by atoms with van der Waals surface area (Å²) in [5, 5.41) is 0. The molecule has 0 aromatic rings. The lowest BCUT2D eigenvalue weighted by atomic mass is 10.2. The minimum Gasteiger partial charge on any atom is -0.330 e. The Bertz CT molecular complexity index is 24.7. The summed E-state index contributed by atoms with van der Waals surface area (Å²) in [6, 6.07) is 0. The molecule has 38 valence electrons. The lowest BCUT2D eigenvalue weighted by molar-refractivity contribution is 0.608. The second-order valence-electron chi connectivity index (χ2n) is 1.58. The van der Waals surface area contributed by atoms with Gasteiger partial charge in [0.25, 0.3) is 0 Å². The maximum atomic E-state index is 5.20. The van der Waals surface area contributed by atoms with Crippen LogP contribution in [0.4, 0.5) is 0 Å². The Morgan fingerprint density at radius 1 is 1.33 bits per heavy atom. The van der Waals surface area contributed by atoms with Gasteiger partial charge in [-0.3, -0.25) is 0 Å². The first-order chi connectivity index (χ1) is 2.81. The number of hydrogen-bond donors (Lipinski definition) is 2. The van der Waals surface area contributed by atoms with E-state index in [0.29, 0.717) is 19.0 Å². The van der Waals surface area contributed by atoms with Crippen molar-refractivity contribution in [1.29, 1.82) is 0 Å². The van der Waals surface area contributed by atoms with Crippen molar-refractivity contribution in [2.24, 2.45) is 17.4 Å². The molecule has 6 heavy (non-hydrogen) atoms. The van der Waals surface area contributed by atoms with Gasteiger partial charge in [-0.25, -0.2) is 0 Å². The number of rotatable bonds is 2. The van der Waals surface area contributed by atoms with Crippen LogP contribution in [0.2, 0.25) is 0 Å². The summed E-state index contributed by atoms with van der Waals surface area (Å²) < 4.78 is 0. The van der Waals surface area contributed by atoms with E-state index in [-0.39, 0.29) is 0 Å². The highest BCUT2D eigenvalue weighted by Gasteiger charge is 1.89. The van der Waals surface area contributed by atoms with Crippen LogP contribution in [0.3, 0.4) is 0 Å². The topological polar surface area (TPSA) is 52.0 Å². The van der Waals surface area contributed by atoms with Gasteiger partial charge in [0.05, 0.1) is 0 Å². The van der Waals surface area contributed by atoms with Gasteiger partial charge in [0, 0.05) is 0 Å². The zero-order chi connectivity index (χ0) is 4.99. The van der Waals surface area contributed by atoms with E-state index < -0.39 is 0 Å². The van der Waals surface area contributed by atoms with E-state index in [1.54, 1.807) is 0 Å². The molecule has 0 aliphatic heterocycles. The van der Waals surface area contributed by atoms with Gasteiger partial charge in [-0.15, -0.1) is 0 Å². The van der Waals surface area contributed by atoms with Gasteiger partial charge in [-0.1, -0.05) is 6.92 Å². The van der Waals surface area contributed by atoms with E-state index in [2.05, 4.69) is 0 Å².